The van der Waals surface area contributed by atoms with E-state index in [1.165, 1.54) is 6.92 Å². The summed E-state index contributed by atoms with van der Waals surface area (Å²) in [5, 5.41) is 7.96. The van der Waals surface area contributed by atoms with Crippen LogP contribution in [0.25, 0.3) is 27.9 Å². The minimum Gasteiger partial charge on any atom is -0.382 e. The molecule has 2 aliphatic rings. The molecular formula is C23H25F3N8O. The van der Waals surface area contributed by atoms with E-state index < -0.39 is 12.7 Å². The summed E-state index contributed by atoms with van der Waals surface area (Å²) in [5.74, 6) is 0.952. The van der Waals surface area contributed by atoms with E-state index in [0.29, 0.717) is 28.2 Å². The lowest BCUT2D eigenvalue weighted by molar-refractivity contribution is -0.165. The highest BCUT2D eigenvalue weighted by Gasteiger charge is 2.41. The quantitative estimate of drug-likeness (QED) is 0.447. The molecular weight excluding hydrogens is 461 g/mol. The second-order valence-corrected chi connectivity index (χ2v) is 9.44. The van der Waals surface area contributed by atoms with Crippen molar-refractivity contribution in [3.63, 3.8) is 0 Å². The molecule has 12 heteroatoms. The van der Waals surface area contributed by atoms with Gasteiger partial charge in [-0.3, -0.25) is 0 Å². The molecule has 0 atom stereocenters. The van der Waals surface area contributed by atoms with Gasteiger partial charge in [-0.2, -0.15) is 18.2 Å². The van der Waals surface area contributed by atoms with Crippen LogP contribution in [-0.4, -0.2) is 53.6 Å². The Morgan fingerprint density at radius 2 is 1.91 bits per heavy atom. The molecule has 5 heterocycles. The number of aryl methyl sites for hydroxylation is 1. The van der Waals surface area contributed by atoms with Crippen LogP contribution < -0.4 is 11.1 Å². The SMILES string of the molecule is Cc1nc2ccc(-c3ccn4nc(NC5CCC6(CCO6)CC5)nc(N)c34)nc2n1CC(F)(F)F. The zero-order valence-electron chi connectivity index (χ0n) is 19.1. The molecule has 0 aromatic carbocycles. The van der Waals surface area contributed by atoms with E-state index in [-0.39, 0.29) is 28.9 Å². The van der Waals surface area contributed by atoms with Crippen molar-refractivity contribution in [1.29, 1.82) is 0 Å². The zero-order chi connectivity index (χ0) is 24.4. The van der Waals surface area contributed by atoms with Crippen LogP contribution in [0.4, 0.5) is 24.9 Å². The van der Waals surface area contributed by atoms with Gasteiger partial charge in [0.1, 0.15) is 23.4 Å². The summed E-state index contributed by atoms with van der Waals surface area (Å²) >= 11 is 0. The molecule has 184 valence electrons. The maximum atomic E-state index is 13.1. The van der Waals surface area contributed by atoms with Gasteiger partial charge in [-0.15, -0.1) is 5.10 Å². The number of ether oxygens (including phenoxy) is 1. The number of pyridine rings is 1. The van der Waals surface area contributed by atoms with Crippen LogP contribution in [0.2, 0.25) is 0 Å². The number of nitrogens with two attached hydrogens (primary N) is 1. The van der Waals surface area contributed by atoms with Crippen LogP contribution >= 0.6 is 0 Å². The molecule has 4 aromatic rings. The van der Waals surface area contributed by atoms with Crippen molar-refractivity contribution in [3.8, 4) is 11.3 Å². The number of imidazole rings is 1. The molecule has 0 radical (unpaired) electrons. The Kier molecular flexibility index (Phi) is 4.92. The fraction of sp³-hybridized carbons (Fsp3) is 0.478. The lowest BCUT2D eigenvalue weighted by Crippen LogP contribution is -2.48. The van der Waals surface area contributed by atoms with Crippen molar-refractivity contribution < 1.29 is 17.9 Å². The predicted octanol–water partition coefficient (Wildman–Crippen LogP) is 4.11. The normalized spacial score (nSPS) is 22.7. The third-order valence-electron chi connectivity index (χ3n) is 7.13. The summed E-state index contributed by atoms with van der Waals surface area (Å²) in [4.78, 5) is 13.2. The van der Waals surface area contributed by atoms with Gasteiger partial charge in [0.15, 0.2) is 11.5 Å². The van der Waals surface area contributed by atoms with Crippen LogP contribution in [0.3, 0.4) is 0 Å². The Labute approximate surface area is 198 Å². The summed E-state index contributed by atoms with van der Waals surface area (Å²) < 4.78 is 47.8. The number of hydrogen-bond acceptors (Lipinski definition) is 7. The van der Waals surface area contributed by atoms with Crippen molar-refractivity contribution in [2.45, 2.75) is 63.4 Å². The third-order valence-corrected chi connectivity index (χ3v) is 7.13. The van der Waals surface area contributed by atoms with E-state index in [9.17, 15) is 13.2 Å². The smallest absolute Gasteiger partial charge is 0.382 e. The van der Waals surface area contributed by atoms with E-state index in [4.69, 9.17) is 10.5 Å². The van der Waals surface area contributed by atoms with E-state index >= 15 is 0 Å². The minimum absolute atomic E-state index is 0.0828. The van der Waals surface area contributed by atoms with Gasteiger partial charge in [0.25, 0.3) is 0 Å². The first kappa shape index (κ1) is 22.1. The summed E-state index contributed by atoms with van der Waals surface area (Å²) in [6.07, 6.45) is 2.50. The summed E-state index contributed by atoms with van der Waals surface area (Å²) in [6.45, 7) is 1.24. The van der Waals surface area contributed by atoms with Gasteiger partial charge >= 0.3 is 6.18 Å². The number of aromatic nitrogens is 6. The highest BCUT2D eigenvalue weighted by molar-refractivity contribution is 5.88. The Morgan fingerprint density at radius 3 is 2.60 bits per heavy atom. The van der Waals surface area contributed by atoms with Gasteiger partial charge < -0.3 is 20.4 Å². The molecule has 1 aliphatic heterocycles. The molecule has 1 spiro atoms. The lowest BCUT2D eigenvalue weighted by atomic mass is 9.77. The second kappa shape index (κ2) is 7.80. The monoisotopic (exact) mass is 486 g/mol. The lowest BCUT2D eigenvalue weighted by Gasteiger charge is -2.46. The van der Waals surface area contributed by atoms with Crippen LogP contribution in [-0.2, 0) is 11.3 Å². The minimum atomic E-state index is -4.38. The molecule has 3 N–H and O–H groups in total. The van der Waals surface area contributed by atoms with Gasteiger partial charge in [0.2, 0.25) is 5.95 Å². The van der Waals surface area contributed by atoms with E-state index in [2.05, 4.69) is 25.4 Å². The summed E-state index contributed by atoms with van der Waals surface area (Å²) in [7, 11) is 0. The topological polar surface area (TPSA) is 108 Å². The van der Waals surface area contributed by atoms with Crippen molar-refractivity contribution in [3.05, 3.63) is 30.2 Å². The number of nitrogen functional groups attached to an aromatic ring is 1. The number of fused-ring (bicyclic) bond motifs is 2. The maximum Gasteiger partial charge on any atom is 0.406 e. The molecule has 35 heavy (non-hydrogen) atoms. The van der Waals surface area contributed by atoms with Gasteiger partial charge in [0, 0.05) is 17.8 Å². The number of anilines is 2. The van der Waals surface area contributed by atoms with Gasteiger partial charge in [-0.1, -0.05) is 0 Å². The Bertz CT molecular complexity index is 1410. The largest absolute Gasteiger partial charge is 0.406 e. The number of alkyl halides is 3. The Hall–Kier alpha value is -3.41. The van der Waals surface area contributed by atoms with Crippen molar-refractivity contribution >= 4 is 28.4 Å². The molecule has 1 aliphatic carbocycles. The van der Waals surface area contributed by atoms with Crippen LogP contribution in [0.5, 0.6) is 0 Å². The van der Waals surface area contributed by atoms with Crippen LogP contribution in [0, 0.1) is 6.92 Å². The molecule has 0 amide bonds. The molecule has 6 rings (SSSR count). The number of halogens is 3. The van der Waals surface area contributed by atoms with Crippen molar-refractivity contribution in [2.24, 2.45) is 0 Å². The van der Waals surface area contributed by atoms with E-state index in [1.54, 1.807) is 28.9 Å². The van der Waals surface area contributed by atoms with Crippen molar-refractivity contribution in [1.82, 2.24) is 29.1 Å². The average Bonchev–Trinajstić information content (AvgIpc) is 3.33. The molecule has 1 saturated heterocycles. The van der Waals surface area contributed by atoms with E-state index in [1.807, 2.05) is 0 Å². The summed E-state index contributed by atoms with van der Waals surface area (Å²) in [6, 6.07) is 5.41. The first-order valence-corrected chi connectivity index (χ1v) is 11.7. The standard InChI is InChI=1S/C23H25F3N8O/c1-13-28-17-3-2-16(30-20(17)33(13)12-23(24,25)26)15-6-10-34-18(15)19(27)31-21(32-34)29-14-4-7-22(8-5-14)9-11-35-22/h2-3,6,10,14H,4-5,7-9,11-12H2,1H3,(H3,27,29,31,32). The molecule has 2 fully saturated rings. The average molecular weight is 487 g/mol. The fourth-order valence-corrected chi connectivity index (χ4v) is 5.21. The fourth-order valence-electron chi connectivity index (χ4n) is 5.21. The van der Waals surface area contributed by atoms with Crippen LogP contribution in [0.1, 0.15) is 37.9 Å². The summed E-state index contributed by atoms with van der Waals surface area (Å²) in [5.41, 5.74) is 8.62. The predicted molar refractivity (Wildman–Crippen MR) is 124 cm³/mol. The third kappa shape index (κ3) is 3.95. The van der Waals surface area contributed by atoms with E-state index in [0.717, 1.165) is 43.3 Å². The molecule has 4 aromatic heterocycles. The maximum absolute atomic E-state index is 13.1. The number of rotatable bonds is 4. The number of nitrogens with zero attached hydrogens (tertiary/aromatic N) is 6. The molecule has 1 saturated carbocycles. The first-order chi connectivity index (χ1) is 16.7. The molecule has 9 nitrogen and oxygen atoms in total. The number of hydrogen-bond donors (Lipinski definition) is 2. The zero-order valence-corrected chi connectivity index (χ0v) is 19.1. The van der Waals surface area contributed by atoms with Crippen LogP contribution in [0.15, 0.2) is 24.4 Å². The Balaban J connectivity index is 1.30. The first-order valence-electron chi connectivity index (χ1n) is 11.7. The number of nitrogens with one attached hydrogen (secondary N) is 1. The van der Waals surface area contributed by atoms with Crippen molar-refractivity contribution in [2.75, 3.05) is 17.7 Å². The Morgan fingerprint density at radius 1 is 1.14 bits per heavy atom. The molecule has 0 unspecified atom stereocenters. The second-order valence-electron chi connectivity index (χ2n) is 9.44. The van der Waals surface area contributed by atoms with Gasteiger partial charge in [-0.05, 0) is 57.2 Å². The van der Waals surface area contributed by atoms with Gasteiger partial charge in [0.05, 0.1) is 17.9 Å². The van der Waals surface area contributed by atoms with Gasteiger partial charge in [-0.25, -0.2) is 14.5 Å². The molecule has 0 bridgehead atoms. The highest BCUT2D eigenvalue weighted by atomic mass is 19.4. The highest BCUT2D eigenvalue weighted by Crippen LogP contribution is 2.41.